The molecular weight excluding hydrogens is 220 g/mol. The molecule has 82 valence electrons. The molecule has 4 N–H and O–H groups in total. The smallest absolute Gasteiger partial charge is 0.181 e. The van der Waals surface area contributed by atoms with Gasteiger partial charge in [-0.15, -0.1) is 0 Å². The zero-order valence-corrected chi connectivity index (χ0v) is 9.41. The Morgan fingerprint density at radius 3 is 2.12 bits per heavy atom. The van der Waals surface area contributed by atoms with Gasteiger partial charge in [-0.2, -0.15) is 0 Å². The van der Waals surface area contributed by atoms with E-state index in [2.05, 4.69) is 0 Å². The summed E-state index contributed by atoms with van der Waals surface area (Å²) in [5.74, 6) is 0. The van der Waals surface area contributed by atoms with Crippen molar-refractivity contribution in [2.24, 2.45) is 0 Å². The maximum atomic E-state index is 12.2. The summed E-state index contributed by atoms with van der Waals surface area (Å²) in [5.41, 5.74) is 12.5. The van der Waals surface area contributed by atoms with Crippen LogP contribution in [0, 0.1) is 0 Å². The lowest BCUT2D eigenvalue weighted by Gasteiger charge is -2.11. The third-order valence-corrected chi connectivity index (χ3v) is 3.68. The molecule has 0 spiro atoms. The quantitative estimate of drug-likeness (QED) is 0.614. The molecule has 0 radical (unpaired) electrons. The van der Waals surface area contributed by atoms with E-state index in [0.717, 1.165) is 0 Å². The second-order valence-electron chi connectivity index (χ2n) is 3.38. The minimum atomic E-state index is -1.25. The third kappa shape index (κ3) is 2.13. The predicted molar refractivity (Wildman–Crippen MR) is 66.4 cm³/mol. The molecule has 3 nitrogen and oxygen atoms in total. The van der Waals surface area contributed by atoms with Gasteiger partial charge in [-0.3, -0.25) is 0 Å². The first kappa shape index (κ1) is 10.9. The van der Waals surface area contributed by atoms with E-state index in [9.17, 15) is 4.55 Å². The second kappa shape index (κ2) is 4.47. The predicted octanol–water partition coefficient (Wildman–Crippen LogP) is 2.02. The molecule has 2 aromatic carbocycles. The Balaban J connectivity index is 2.35. The molecule has 1 atom stereocenters. The average Bonchev–Trinajstić information content (AvgIpc) is 2.30. The van der Waals surface area contributed by atoms with Crippen LogP contribution in [0.4, 0.5) is 11.4 Å². The van der Waals surface area contributed by atoms with Crippen molar-refractivity contribution in [3.8, 4) is 0 Å². The van der Waals surface area contributed by atoms with Crippen LogP contribution in [0.1, 0.15) is 0 Å². The molecule has 2 aromatic rings. The highest BCUT2D eigenvalue weighted by Gasteiger charge is 2.16. The van der Waals surface area contributed by atoms with Gasteiger partial charge in [-0.1, -0.05) is 12.1 Å². The van der Waals surface area contributed by atoms with E-state index in [4.69, 9.17) is 11.5 Å². The fourth-order valence-electron chi connectivity index (χ4n) is 1.37. The average molecular weight is 232 g/mol. The van der Waals surface area contributed by atoms with Crippen molar-refractivity contribution in [2.45, 2.75) is 9.79 Å². The lowest BCUT2D eigenvalue weighted by molar-refractivity contribution is 0.595. The molecule has 0 aliphatic rings. The maximum Gasteiger partial charge on any atom is 0.181 e. The lowest BCUT2D eigenvalue weighted by Crippen LogP contribution is -2.05. The van der Waals surface area contributed by atoms with Crippen molar-refractivity contribution in [3.05, 3.63) is 48.5 Å². The standard InChI is InChI=1S/C12H12N2OS/c13-9-5-7-10(8-6-9)16(15)12-4-2-1-3-11(12)14/h1-8H,13-14H2. The van der Waals surface area contributed by atoms with E-state index < -0.39 is 11.2 Å². The van der Waals surface area contributed by atoms with E-state index >= 15 is 0 Å². The molecule has 0 saturated carbocycles. The number of nitrogen functional groups attached to an aromatic ring is 2. The molecule has 4 heteroatoms. The number of rotatable bonds is 2. The second-order valence-corrected chi connectivity index (χ2v) is 4.82. The number of nitrogens with two attached hydrogens (primary N) is 2. The van der Waals surface area contributed by atoms with Crippen LogP contribution in [0.5, 0.6) is 0 Å². The highest BCUT2D eigenvalue weighted by atomic mass is 32.2. The zero-order chi connectivity index (χ0) is 11.5. The van der Waals surface area contributed by atoms with Crippen molar-refractivity contribution in [1.29, 1.82) is 0 Å². The van der Waals surface area contributed by atoms with Crippen molar-refractivity contribution in [1.82, 2.24) is 0 Å². The van der Waals surface area contributed by atoms with E-state index in [1.54, 1.807) is 36.4 Å². The summed E-state index contributed by atoms with van der Waals surface area (Å²) in [6, 6.07) is 14.1. The van der Waals surface area contributed by atoms with Gasteiger partial charge in [-0.25, -0.2) is 0 Å². The molecule has 0 aliphatic carbocycles. The van der Waals surface area contributed by atoms with E-state index in [1.165, 1.54) is 0 Å². The van der Waals surface area contributed by atoms with Crippen LogP contribution in [0.15, 0.2) is 58.3 Å². The number of hydrogen-bond donors (Lipinski definition) is 2. The summed E-state index contributed by atoms with van der Waals surface area (Å²) in [4.78, 5) is 1.33. The lowest BCUT2D eigenvalue weighted by atomic mass is 10.3. The number of benzene rings is 2. The molecule has 0 bridgehead atoms. The summed E-state index contributed by atoms with van der Waals surface area (Å²) >= 11 is -1.25. The van der Waals surface area contributed by atoms with Gasteiger partial charge in [0.1, 0.15) is 0 Å². The highest BCUT2D eigenvalue weighted by Crippen LogP contribution is 2.25. The van der Waals surface area contributed by atoms with Crippen LogP contribution >= 0.6 is 0 Å². The highest BCUT2D eigenvalue weighted by molar-refractivity contribution is 7.91. The Morgan fingerprint density at radius 1 is 0.875 bits per heavy atom. The summed E-state index contributed by atoms with van der Waals surface area (Å²) in [7, 11) is 0. The first-order chi connectivity index (χ1) is 7.68. The maximum absolute atomic E-state index is 12.2. The van der Waals surface area contributed by atoms with Crippen LogP contribution in [0.25, 0.3) is 0 Å². The number of para-hydroxylation sites is 1. The minimum Gasteiger partial charge on any atom is -0.606 e. The Hall–Kier alpha value is -1.65. The van der Waals surface area contributed by atoms with Crippen LogP contribution in [-0.2, 0) is 11.2 Å². The van der Waals surface area contributed by atoms with Crippen LogP contribution in [0.3, 0.4) is 0 Å². The van der Waals surface area contributed by atoms with E-state index in [1.807, 2.05) is 12.1 Å². The molecule has 0 heterocycles. The third-order valence-electron chi connectivity index (χ3n) is 2.21. The van der Waals surface area contributed by atoms with Crippen molar-refractivity contribution in [2.75, 3.05) is 11.5 Å². The van der Waals surface area contributed by atoms with E-state index in [-0.39, 0.29) is 0 Å². The molecule has 0 saturated heterocycles. The van der Waals surface area contributed by atoms with E-state index in [0.29, 0.717) is 21.2 Å². The van der Waals surface area contributed by atoms with Crippen LogP contribution in [-0.4, -0.2) is 4.55 Å². The molecule has 0 fully saturated rings. The molecule has 0 amide bonds. The Bertz CT molecular complexity index is 485. The normalized spacial score (nSPS) is 12.3. The molecule has 1 unspecified atom stereocenters. The Morgan fingerprint density at radius 2 is 1.50 bits per heavy atom. The molecule has 0 aliphatic heterocycles. The van der Waals surface area contributed by atoms with Gasteiger partial charge < -0.3 is 16.0 Å². The largest absolute Gasteiger partial charge is 0.606 e. The van der Waals surface area contributed by atoms with Crippen molar-refractivity contribution < 1.29 is 4.55 Å². The molecule has 2 rings (SSSR count). The van der Waals surface area contributed by atoms with Crippen LogP contribution < -0.4 is 11.5 Å². The minimum absolute atomic E-state index is 0.539. The molecular formula is C12H12N2OS. The fraction of sp³-hybridized carbons (Fsp3) is 0. The monoisotopic (exact) mass is 232 g/mol. The zero-order valence-electron chi connectivity index (χ0n) is 8.59. The Labute approximate surface area is 97.3 Å². The van der Waals surface area contributed by atoms with Gasteiger partial charge in [0.25, 0.3) is 0 Å². The Kier molecular flexibility index (Phi) is 3.03. The van der Waals surface area contributed by atoms with Crippen molar-refractivity contribution >= 4 is 22.6 Å². The van der Waals surface area contributed by atoms with Gasteiger partial charge >= 0.3 is 0 Å². The van der Waals surface area contributed by atoms with Crippen LogP contribution in [0.2, 0.25) is 0 Å². The summed E-state index contributed by atoms with van der Waals surface area (Å²) < 4.78 is 12.2. The first-order valence-electron chi connectivity index (χ1n) is 4.80. The van der Waals surface area contributed by atoms with Gasteiger partial charge in [0, 0.05) is 16.9 Å². The number of hydrogen-bond acceptors (Lipinski definition) is 3. The first-order valence-corrected chi connectivity index (χ1v) is 5.95. The summed E-state index contributed by atoms with van der Waals surface area (Å²) in [5, 5.41) is 0. The fourth-order valence-corrected chi connectivity index (χ4v) is 2.49. The van der Waals surface area contributed by atoms with Gasteiger partial charge in [0.15, 0.2) is 9.79 Å². The SMILES string of the molecule is Nc1ccc([S+]([O-])c2ccccc2N)cc1. The topological polar surface area (TPSA) is 75.1 Å². The molecule has 16 heavy (non-hydrogen) atoms. The molecule has 0 aromatic heterocycles. The number of anilines is 2. The summed E-state index contributed by atoms with van der Waals surface area (Å²) in [6.45, 7) is 0. The van der Waals surface area contributed by atoms with Gasteiger partial charge in [0.05, 0.1) is 5.69 Å². The van der Waals surface area contributed by atoms with Crippen molar-refractivity contribution in [3.63, 3.8) is 0 Å². The van der Waals surface area contributed by atoms with Gasteiger partial charge in [-0.05, 0) is 36.4 Å². The van der Waals surface area contributed by atoms with Gasteiger partial charge in [0.2, 0.25) is 0 Å². The summed E-state index contributed by atoms with van der Waals surface area (Å²) in [6.07, 6.45) is 0.